The summed E-state index contributed by atoms with van der Waals surface area (Å²) in [5.74, 6) is 1.61. The number of hydrogen-bond acceptors (Lipinski definition) is 5. The van der Waals surface area contributed by atoms with Gasteiger partial charge in [-0.2, -0.15) is 0 Å². The number of carbonyl (C=O) groups excluding carboxylic acids is 1. The van der Waals surface area contributed by atoms with Gasteiger partial charge in [0.1, 0.15) is 11.6 Å². The first-order valence-corrected chi connectivity index (χ1v) is 7.19. The highest BCUT2D eigenvalue weighted by molar-refractivity contribution is 6.03. The molecule has 0 atom stereocenters. The summed E-state index contributed by atoms with van der Waals surface area (Å²) in [7, 11) is 0. The normalized spacial score (nSPS) is 10.3. The summed E-state index contributed by atoms with van der Waals surface area (Å²) in [6.07, 6.45) is 1.62. The van der Waals surface area contributed by atoms with Gasteiger partial charge < -0.3 is 15.1 Å². The van der Waals surface area contributed by atoms with Crippen LogP contribution in [0, 0.1) is 6.92 Å². The summed E-state index contributed by atoms with van der Waals surface area (Å²) in [5, 5.41) is 13.8. The van der Waals surface area contributed by atoms with Crippen molar-refractivity contribution in [2.24, 2.45) is 0 Å². The molecule has 0 saturated carbocycles. The first-order chi connectivity index (χ1) is 11.2. The van der Waals surface area contributed by atoms with Crippen LogP contribution in [0.5, 0.6) is 0 Å². The van der Waals surface area contributed by atoms with E-state index in [2.05, 4.69) is 20.8 Å². The van der Waals surface area contributed by atoms with Gasteiger partial charge in [0.05, 0.1) is 12.8 Å². The number of aromatic nitrogens is 2. The van der Waals surface area contributed by atoms with Crippen molar-refractivity contribution < 1.29 is 9.21 Å². The molecule has 3 rings (SSSR count). The Bertz CT molecular complexity index is 783. The van der Waals surface area contributed by atoms with E-state index in [1.54, 1.807) is 24.5 Å². The SMILES string of the molecule is Cc1cccc(C(=O)Nc2ccc(NCc3ccco3)nn2)c1. The first-order valence-electron chi connectivity index (χ1n) is 7.19. The van der Waals surface area contributed by atoms with E-state index in [9.17, 15) is 4.79 Å². The predicted molar refractivity (Wildman–Crippen MR) is 87.2 cm³/mol. The number of hydrogen-bond donors (Lipinski definition) is 2. The molecule has 0 radical (unpaired) electrons. The van der Waals surface area contributed by atoms with E-state index in [4.69, 9.17) is 4.42 Å². The van der Waals surface area contributed by atoms with Gasteiger partial charge >= 0.3 is 0 Å². The highest BCUT2D eigenvalue weighted by Gasteiger charge is 2.07. The Kier molecular flexibility index (Phi) is 4.33. The van der Waals surface area contributed by atoms with Gasteiger partial charge in [0.15, 0.2) is 5.82 Å². The molecule has 2 aromatic heterocycles. The molecule has 6 heteroatoms. The second-order valence-electron chi connectivity index (χ2n) is 5.06. The molecule has 0 aliphatic rings. The summed E-state index contributed by atoms with van der Waals surface area (Å²) in [6, 6.07) is 14.5. The molecule has 3 aromatic rings. The maximum Gasteiger partial charge on any atom is 0.256 e. The fourth-order valence-electron chi connectivity index (χ4n) is 2.06. The summed E-state index contributed by atoms with van der Waals surface area (Å²) < 4.78 is 5.22. The summed E-state index contributed by atoms with van der Waals surface area (Å²) in [5.41, 5.74) is 1.62. The number of benzene rings is 1. The molecule has 1 amide bonds. The van der Waals surface area contributed by atoms with Gasteiger partial charge in [-0.1, -0.05) is 17.7 Å². The van der Waals surface area contributed by atoms with Crippen LogP contribution < -0.4 is 10.6 Å². The number of rotatable bonds is 5. The lowest BCUT2D eigenvalue weighted by molar-refractivity contribution is 0.102. The monoisotopic (exact) mass is 308 g/mol. The first kappa shape index (κ1) is 14.8. The molecule has 2 N–H and O–H groups in total. The largest absolute Gasteiger partial charge is 0.467 e. The average Bonchev–Trinajstić information content (AvgIpc) is 3.08. The second kappa shape index (κ2) is 6.74. The summed E-state index contributed by atoms with van der Waals surface area (Å²) in [4.78, 5) is 12.1. The predicted octanol–water partition coefficient (Wildman–Crippen LogP) is 3.24. The maximum absolute atomic E-state index is 12.1. The van der Waals surface area contributed by atoms with Crippen LogP contribution in [0.25, 0.3) is 0 Å². The zero-order valence-corrected chi connectivity index (χ0v) is 12.6. The van der Waals surface area contributed by atoms with Crippen LogP contribution in [0.3, 0.4) is 0 Å². The van der Waals surface area contributed by atoms with E-state index >= 15 is 0 Å². The van der Waals surface area contributed by atoms with E-state index in [0.717, 1.165) is 11.3 Å². The van der Waals surface area contributed by atoms with Crippen molar-refractivity contribution in [1.82, 2.24) is 10.2 Å². The number of nitrogens with one attached hydrogen (secondary N) is 2. The number of amides is 1. The second-order valence-corrected chi connectivity index (χ2v) is 5.06. The number of furan rings is 1. The quantitative estimate of drug-likeness (QED) is 0.756. The zero-order chi connectivity index (χ0) is 16.1. The molecule has 6 nitrogen and oxygen atoms in total. The van der Waals surface area contributed by atoms with Gasteiger partial charge in [-0.3, -0.25) is 4.79 Å². The van der Waals surface area contributed by atoms with E-state index in [1.165, 1.54) is 0 Å². The van der Waals surface area contributed by atoms with Crippen LogP contribution in [0.15, 0.2) is 59.2 Å². The molecular weight excluding hydrogens is 292 g/mol. The molecule has 0 unspecified atom stereocenters. The van der Waals surface area contributed by atoms with Crippen LogP contribution in [0.2, 0.25) is 0 Å². The van der Waals surface area contributed by atoms with Crippen LogP contribution >= 0.6 is 0 Å². The van der Waals surface area contributed by atoms with E-state index in [-0.39, 0.29) is 5.91 Å². The van der Waals surface area contributed by atoms with Gasteiger partial charge in [0.2, 0.25) is 0 Å². The van der Waals surface area contributed by atoms with Crippen LogP contribution in [-0.2, 0) is 6.54 Å². The standard InChI is InChI=1S/C17H16N4O2/c1-12-4-2-5-13(10-12)17(22)19-16-8-7-15(20-21-16)18-11-14-6-3-9-23-14/h2-10H,11H2,1H3,(H,18,20)(H,19,21,22). The third-order valence-electron chi connectivity index (χ3n) is 3.21. The Morgan fingerprint density at radius 3 is 2.61 bits per heavy atom. The van der Waals surface area contributed by atoms with Crippen molar-refractivity contribution >= 4 is 17.5 Å². The molecule has 1 aromatic carbocycles. The molecule has 0 bridgehead atoms. The Labute approximate surface area is 133 Å². The van der Waals surface area contributed by atoms with Crippen molar-refractivity contribution in [1.29, 1.82) is 0 Å². The van der Waals surface area contributed by atoms with Gasteiger partial charge in [0.25, 0.3) is 5.91 Å². The molecular formula is C17H16N4O2. The topological polar surface area (TPSA) is 80.0 Å². The number of anilines is 2. The smallest absolute Gasteiger partial charge is 0.256 e. The van der Waals surface area contributed by atoms with Crippen molar-refractivity contribution in [2.45, 2.75) is 13.5 Å². The van der Waals surface area contributed by atoms with Crippen LogP contribution in [0.4, 0.5) is 11.6 Å². The average molecular weight is 308 g/mol. The third-order valence-corrected chi connectivity index (χ3v) is 3.21. The molecule has 0 spiro atoms. The molecule has 0 fully saturated rings. The molecule has 0 aliphatic carbocycles. The number of carbonyl (C=O) groups is 1. The lowest BCUT2D eigenvalue weighted by Gasteiger charge is -2.06. The molecule has 116 valence electrons. The van der Waals surface area contributed by atoms with Crippen molar-refractivity contribution in [3.8, 4) is 0 Å². The highest BCUT2D eigenvalue weighted by Crippen LogP contribution is 2.11. The zero-order valence-electron chi connectivity index (χ0n) is 12.6. The highest BCUT2D eigenvalue weighted by atomic mass is 16.3. The van der Waals surface area contributed by atoms with Crippen molar-refractivity contribution in [3.05, 3.63) is 71.7 Å². The number of aryl methyl sites for hydroxylation is 1. The minimum Gasteiger partial charge on any atom is -0.467 e. The van der Waals surface area contributed by atoms with E-state index in [0.29, 0.717) is 23.7 Å². The molecule has 0 saturated heterocycles. The minimum atomic E-state index is -0.209. The molecule has 0 aliphatic heterocycles. The minimum absolute atomic E-state index is 0.209. The Morgan fingerprint density at radius 2 is 1.91 bits per heavy atom. The summed E-state index contributed by atoms with van der Waals surface area (Å²) >= 11 is 0. The lowest BCUT2D eigenvalue weighted by atomic mass is 10.1. The van der Waals surface area contributed by atoms with Crippen molar-refractivity contribution in [3.63, 3.8) is 0 Å². The Hall–Kier alpha value is -3.15. The fraction of sp³-hybridized carbons (Fsp3) is 0.118. The maximum atomic E-state index is 12.1. The fourth-order valence-corrected chi connectivity index (χ4v) is 2.06. The van der Waals surface area contributed by atoms with Crippen LogP contribution in [0.1, 0.15) is 21.7 Å². The van der Waals surface area contributed by atoms with Gasteiger partial charge in [-0.25, -0.2) is 0 Å². The van der Waals surface area contributed by atoms with Crippen molar-refractivity contribution in [2.75, 3.05) is 10.6 Å². The number of nitrogens with zero attached hydrogens (tertiary/aromatic N) is 2. The van der Waals surface area contributed by atoms with Gasteiger partial charge in [-0.05, 0) is 43.3 Å². The Balaban J connectivity index is 1.59. The lowest BCUT2D eigenvalue weighted by Crippen LogP contribution is -2.13. The van der Waals surface area contributed by atoms with Gasteiger partial charge in [-0.15, -0.1) is 10.2 Å². The third kappa shape index (κ3) is 3.94. The molecule has 23 heavy (non-hydrogen) atoms. The summed E-state index contributed by atoms with van der Waals surface area (Å²) in [6.45, 7) is 2.47. The Morgan fingerprint density at radius 1 is 1.09 bits per heavy atom. The van der Waals surface area contributed by atoms with Crippen LogP contribution in [-0.4, -0.2) is 16.1 Å². The molecule has 2 heterocycles. The van der Waals surface area contributed by atoms with E-state index in [1.807, 2.05) is 37.3 Å². The van der Waals surface area contributed by atoms with Gasteiger partial charge in [0, 0.05) is 5.56 Å². The van der Waals surface area contributed by atoms with E-state index < -0.39 is 0 Å².